The normalized spacial score (nSPS) is 36.0. The molecule has 0 saturated heterocycles. The maximum absolute atomic E-state index is 3.48. The van der Waals surface area contributed by atoms with E-state index in [4.69, 9.17) is 0 Å². The zero-order valence-corrected chi connectivity index (χ0v) is 51.1. The van der Waals surface area contributed by atoms with Gasteiger partial charge in [0.15, 0.2) is 0 Å². The molecule has 84 heavy (non-hydrogen) atoms. The van der Waals surface area contributed by atoms with Crippen molar-refractivity contribution in [1.29, 1.82) is 0 Å². The van der Waals surface area contributed by atoms with E-state index in [1.165, 1.54) is 155 Å². The molecule has 9 saturated carbocycles. The first-order valence-electron chi connectivity index (χ1n) is 33.3. The third kappa shape index (κ3) is 4.99. The van der Waals surface area contributed by atoms with Crippen LogP contribution in [-0.4, -0.2) is 20.3 Å². The van der Waals surface area contributed by atoms with Crippen molar-refractivity contribution in [2.24, 2.45) is 46.3 Å². The summed E-state index contributed by atoms with van der Waals surface area (Å²) in [6.45, 7) is 12.6. The average molecular weight is 1110 g/mol. The molecule has 0 radical (unpaired) electrons. The molecule has 8 aromatic rings. The number of fused-ring (bicyclic) bond motifs is 4. The van der Waals surface area contributed by atoms with Gasteiger partial charge in [0.25, 0.3) is 0 Å². The van der Waals surface area contributed by atoms with Crippen LogP contribution in [0.3, 0.4) is 0 Å². The fourth-order valence-corrected chi connectivity index (χ4v) is 31.6. The third-order valence-corrected chi connectivity index (χ3v) is 34.5. The van der Waals surface area contributed by atoms with Crippen molar-refractivity contribution >= 4 is 97.4 Å². The summed E-state index contributed by atoms with van der Waals surface area (Å²) in [7, 11) is -3.48. The summed E-state index contributed by atoms with van der Waals surface area (Å²) in [5.41, 5.74) is 23.5. The van der Waals surface area contributed by atoms with Crippen LogP contribution < -0.4 is 51.8 Å². The first kappa shape index (κ1) is 47.7. The van der Waals surface area contributed by atoms with Gasteiger partial charge in [-0.05, 0) is 5.41 Å². The summed E-state index contributed by atoms with van der Waals surface area (Å²) >= 11 is 0. The van der Waals surface area contributed by atoms with E-state index in [1.807, 2.05) is 0 Å². The van der Waals surface area contributed by atoms with Crippen LogP contribution in [-0.2, 0) is 21.7 Å². The first-order valence-corrected chi connectivity index (χ1v) is 35.6. The van der Waals surface area contributed by atoms with Crippen LogP contribution in [0.4, 0.5) is 45.5 Å². The number of hydrogen-bond donors (Lipinski definition) is 0. The van der Waals surface area contributed by atoms with E-state index >= 15 is 0 Å². The predicted molar refractivity (Wildman–Crippen MR) is 351 cm³/mol. The second kappa shape index (κ2) is 15.0. The van der Waals surface area contributed by atoms with Crippen LogP contribution in [0.25, 0.3) is 0 Å². The van der Waals surface area contributed by atoms with E-state index in [-0.39, 0.29) is 23.1 Å². The SMILES string of the molecule is CC(C)(C)c1ccc2c(c1)C1(C)CCCCC1(C)N2c1cc2c3c(c1)N(c1ccc(C45CC6CC7CC(C4)C765)cc1)c1cccc4c1B3c1c(cccc1[SiH-]4(c1ccccc1)c1ccccc1)N2c1ccc(C23CC4CC5CC(C2)C54C3)cc1. The van der Waals surface area contributed by atoms with Crippen molar-refractivity contribution in [1.82, 2.24) is 0 Å². The summed E-state index contributed by atoms with van der Waals surface area (Å²) in [6, 6.07) is 72.8. The van der Waals surface area contributed by atoms with Gasteiger partial charge in [-0.25, -0.2) is 0 Å². The third-order valence-electron chi connectivity index (χ3n) is 28.9. The second-order valence-corrected chi connectivity index (χ2v) is 36.3. The van der Waals surface area contributed by atoms with Crippen LogP contribution in [0.15, 0.2) is 176 Å². The predicted octanol–water partition coefficient (Wildman–Crippen LogP) is 14.0. The van der Waals surface area contributed by atoms with Crippen LogP contribution in [0.5, 0.6) is 0 Å². The van der Waals surface area contributed by atoms with E-state index in [2.05, 4.69) is 225 Å². The monoisotopic (exact) mass is 1110 g/mol. The zero-order chi connectivity index (χ0) is 55.4. The fraction of sp³-hybridized carbons (Fsp3) is 0.392. The van der Waals surface area contributed by atoms with Gasteiger partial charge in [0.2, 0.25) is 0 Å². The van der Waals surface area contributed by atoms with Crippen molar-refractivity contribution in [3.63, 3.8) is 0 Å². The minimum absolute atomic E-state index is 0.00551. The van der Waals surface area contributed by atoms with Gasteiger partial charge in [-0.3, -0.25) is 0 Å². The molecule has 6 atom stereocenters. The molecule has 2 spiro atoms. The van der Waals surface area contributed by atoms with E-state index in [0.717, 1.165) is 41.9 Å². The molecule has 0 amide bonds. The van der Waals surface area contributed by atoms with Crippen LogP contribution in [0.1, 0.15) is 140 Å². The zero-order valence-electron chi connectivity index (χ0n) is 49.9. The molecule has 9 fully saturated rings. The summed E-state index contributed by atoms with van der Waals surface area (Å²) in [6.07, 6.45) is 17.9. The molecule has 416 valence electrons. The molecule has 0 N–H and O–H groups in total. The van der Waals surface area contributed by atoms with Gasteiger partial charge in [-0.2, -0.15) is 0 Å². The summed E-state index contributed by atoms with van der Waals surface area (Å²) in [5.74, 6) is 5.87. The van der Waals surface area contributed by atoms with Crippen molar-refractivity contribution in [2.75, 3.05) is 14.7 Å². The van der Waals surface area contributed by atoms with Gasteiger partial charge in [0.05, 0.1) is 0 Å². The molecule has 6 unspecified atom stereocenters. The number of benzene rings is 8. The Morgan fingerprint density at radius 2 is 1.04 bits per heavy atom. The Kier molecular flexibility index (Phi) is 8.50. The Bertz CT molecular complexity index is 4170. The molecule has 21 rings (SSSR count). The van der Waals surface area contributed by atoms with Crippen molar-refractivity contribution in [2.45, 2.75) is 145 Å². The summed E-state index contributed by atoms with van der Waals surface area (Å²) in [5, 5.41) is 6.11. The molecular formula is C79H77BN3Si-. The van der Waals surface area contributed by atoms with Gasteiger partial charge >= 0.3 is 476 Å². The first-order chi connectivity index (χ1) is 40.9. The number of nitrogens with zero attached hydrogens (tertiary/aromatic N) is 3. The van der Waals surface area contributed by atoms with Gasteiger partial charge < -0.3 is 0 Å². The molecule has 3 nitrogen and oxygen atoms in total. The Morgan fingerprint density at radius 3 is 1.57 bits per heavy atom. The minimum atomic E-state index is -3.48. The maximum atomic E-state index is 2.90. The molecule has 5 heteroatoms. The molecule has 8 aromatic carbocycles. The second-order valence-electron chi connectivity index (χ2n) is 32.0. The van der Waals surface area contributed by atoms with Gasteiger partial charge in [-0.15, -0.1) is 0 Å². The molecule has 0 aromatic heterocycles. The van der Waals surface area contributed by atoms with Gasteiger partial charge in [0, 0.05) is 0 Å². The van der Waals surface area contributed by atoms with Gasteiger partial charge in [0.1, 0.15) is 0 Å². The van der Waals surface area contributed by atoms with Crippen molar-refractivity contribution < 1.29 is 0 Å². The Balaban J connectivity index is 0.843. The molecular weight excluding hydrogens is 1030 g/mol. The Hall–Kier alpha value is -6.56. The van der Waals surface area contributed by atoms with E-state index in [0.29, 0.717) is 21.7 Å². The number of rotatable bonds is 7. The summed E-state index contributed by atoms with van der Waals surface area (Å²) < 4.78 is 0. The molecule has 4 aliphatic heterocycles. The molecule has 9 aliphatic carbocycles. The summed E-state index contributed by atoms with van der Waals surface area (Å²) in [4.78, 5) is 8.51. The molecule has 13 aliphatic rings. The number of hydrogen-bond acceptors (Lipinski definition) is 3. The van der Waals surface area contributed by atoms with Crippen LogP contribution >= 0.6 is 0 Å². The van der Waals surface area contributed by atoms with E-state index < -0.39 is 8.07 Å². The van der Waals surface area contributed by atoms with E-state index in [9.17, 15) is 0 Å². The standard InChI is InChI=1S/C79H77BN3Si/c1-73(2,3)50-28-33-63-62(40-50)74(4)34-12-13-35-75(74,5)83(63)59-41-66-70-67(42-59)82(58-31-26-49(27-32-58)77-45-55-38-52-39-56(46-77)79(52,55)77)65-21-15-23-69-72(65)80(70)71-64(20-14-22-68(71)84(69,60-16-8-6-9-17-60)61-18-10-7-11-19-61)81(66)57-29-24-48(25-30-57)76-43-53-36-51-37-54(44-76)78(51,53)47-76/h6-11,14-33,40-42,51-56,84H,12-13,34-39,43-47H2,1-5H3/q-1. The molecule has 2 bridgehead atoms. The Morgan fingerprint density at radius 1 is 0.476 bits per heavy atom. The van der Waals surface area contributed by atoms with E-state index in [1.54, 1.807) is 27.1 Å². The fourth-order valence-electron chi connectivity index (χ4n) is 25.5. The Labute approximate surface area is 499 Å². The topological polar surface area (TPSA) is 9.72 Å². The van der Waals surface area contributed by atoms with Gasteiger partial charge in [-0.1, -0.05) is 20.8 Å². The number of anilines is 8. The van der Waals surface area contributed by atoms with Crippen molar-refractivity contribution in [3.8, 4) is 0 Å². The quantitative estimate of drug-likeness (QED) is 0.147. The van der Waals surface area contributed by atoms with Crippen LogP contribution in [0.2, 0.25) is 0 Å². The van der Waals surface area contributed by atoms with Crippen molar-refractivity contribution in [3.05, 3.63) is 198 Å². The van der Waals surface area contributed by atoms with Crippen LogP contribution in [0, 0.1) is 46.3 Å². The molecule has 4 heterocycles. The average Bonchev–Trinajstić information content (AvgIpc) is 0.812.